The van der Waals surface area contributed by atoms with E-state index in [4.69, 9.17) is 16.0 Å². The number of hydrogen-bond donors (Lipinski definition) is 0. The summed E-state index contributed by atoms with van der Waals surface area (Å²) in [5.74, 6) is 0.598. The minimum absolute atomic E-state index is 0.0890. The van der Waals surface area contributed by atoms with Crippen LogP contribution in [0.5, 0.6) is 0 Å². The molecule has 0 saturated heterocycles. The van der Waals surface area contributed by atoms with Crippen molar-refractivity contribution in [3.05, 3.63) is 58.5 Å². The maximum atomic E-state index is 12.1. The molecule has 0 aliphatic heterocycles. The lowest BCUT2D eigenvalue weighted by Gasteiger charge is -2.25. The van der Waals surface area contributed by atoms with Crippen LogP contribution in [0, 0.1) is 0 Å². The van der Waals surface area contributed by atoms with Crippen molar-refractivity contribution in [1.29, 1.82) is 0 Å². The molecule has 18 heavy (non-hydrogen) atoms. The molecular formula is C15H13ClO2. The average molecular weight is 261 g/mol. The highest BCUT2D eigenvalue weighted by molar-refractivity contribution is 6.33. The molecule has 0 bridgehead atoms. The van der Waals surface area contributed by atoms with Gasteiger partial charge >= 0.3 is 0 Å². The topological polar surface area (TPSA) is 30.2 Å². The Hall–Kier alpha value is -1.54. The van der Waals surface area contributed by atoms with Crippen LogP contribution in [0.1, 0.15) is 46.7 Å². The largest absolute Gasteiger partial charge is 0.452 e. The standard InChI is InChI=1S/C15H13ClO2/c16-15-13(8-9-18-15)14(17)12-6-4-11(5-7-12)10-2-1-3-10/h4-10H,1-3H2. The fourth-order valence-corrected chi connectivity index (χ4v) is 2.46. The van der Waals surface area contributed by atoms with E-state index in [1.807, 2.05) is 24.3 Å². The van der Waals surface area contributed by atoms with Crippen LogP contribution in [0.2, 0.25) is 5.22 Å². The Kier molecular flexibility index (Phi) is 2.96. The number of furan rings is 1. The number of carbonyl (C=O) groups is 1. The number of ketones is 1. The minimum atomic E-state index is -0.0890. The molecule has 0 radical (unpaired) electrons. The molecule has 0 atom stereocenters. The van der Waals surface area contributed by atoms with Crippen LogP contribution in [0.3, 0.4) is 0 Å². The number of halogens is 1. The minimum Gasteiger partial charge on any atom is -0.452 e. The quantitative estimate of drug-likeness (QED) is 0.764. The van der Waals surface area contributed by atoms with Gasteiger partial charge in [-0.2, -0.15) is 0 Å². The second-order valence-electron chi connectivity index (χ2n) is 4.69. The van der Waals surface area contributed by atoms with Crippen molar-refractivity contribution in [1.82, 2.24) is 0 Å². The second-order valence-corrected chi connectivity index (χ2v) is 5.03. The summed E-state index contributed by atoms with van der Waals surface area (Å²) in [5, 5.41) is 0.156. The third-order valence-electron chi connectivity index (χ3n) is 3.61. The molecule has 92 valence electrons. The van der Waals surface area contributed by atoms with Gasteiger partial charge in [-0.05, 0) is 42.0 Å². The van der Waals surface area contributed by atoms with Crippen molar-refractivity contribution in [3.63, 3.8) is 0 Å². The van der Waals surface area contributed by atoms with Crippen LogP contribution in [-0.2, 0) is 0 Å². The monoisotopic (exact) mass is 260 g/mol. The molecule has 1 aromatic carbocycles. The Morgan fingerprint density at radius 3 is 2.39 bits per heavy atom. The summed E-state index contributed by atoms with van der Waals surface area (Å²) in [4.78, 5) is 12.1. The maximum Gasteiger partial charge on any atom is 0.204 e. The van der Waals surface area contributed by atoms with E-state index in [0.717, 1.165) is 0 Å². The molecule has 1 saturated carbocycles. The van der Waals surface area contributed by atoms with Crippen molar-refractivity contribution in [2.75, 3.05) is 0 Å². The Morgan fingerprint density at radius 1 is 1.17 bits per heavy atom. The maximum absolute atomic E-state index is 12.1. The summed E-state index contributed by atoms with van der Waals surface area (Å²) < 4.78 is 4.94. The van der Waals surface area contributed by atoms with Crippen LogP contribution >= 0.6 is 11.6 Å². The Labute approximate surface area is 111 Å². The highest BCUT2D eigenvalue weighted by atomic mass is 35.5. The van der Waals surface area contributed by atoms with Gasteiger partial charge in [0.05, 0.1) is 11.8 Å². The first-order chi connectivity index (χ1) is 8.75. The van der Waals surface area contributed by atoms with E-state index in [-0.39, 0.29) is 11.0 Å². The molecule has 0 amide bonds. The van der Waals surface area contributed by atoms with Gasteiger partial charge in [0.15, 0.2) is 5.78 Å². The number of benzene rings is 1. The van der Waals surface area contributed by atoms with E-state index in [1.54, 1.807) is 6.07 Å². The lowest BCUT2D eigenvalue weighted by atomic mass is 9.80. The summed E-state index contributed by atoms with van der Waals surface area (Å²) in [7, 11) is 0. The Morgan fingerprint density at radius 2 is 1.89 bits per heavy atom. The van der Waals surface area contributed by atoms with E-state index in [9.17, 15) is 4.79 Å². The number of rotatable bonds is 3. The molecular weight excluding hydrogens is 248 g/mol. The van der Waals surface area contributed by atoms with E-state index in [0.29, 0.717) is 17.0 Å². The van der Waals surface area contributed by atoms with Gasteiger partial charge in [0.25, 0.3) is 0 Å². The van der Waals surface area contributed by atoms with E-state index in [2.05, 4.69) is 0 Å². The zero-order valence-electron chi connectivity index (χ0n) is 9.86. The van der Waals surface area contributed by atoms with Crippen molar-refractivity contribution in [2.45, 2.75) is 25.2 Å². The zero-order chi connectivity index (χ0) is 12.5. The van der Waals surface area contributed by atoms with E-state index < -0.39 is 0 Å². The Balaban J connectivity index is 1.84. The van der Waals surface area contributed by atoms with E-state index in [1.165, 1.54) is 31.1 Å². The predicted octanol–water partition coefficient (Wildman–Crippen LogP) is 4.43. The molecule has 2 aromatic rings. The zero-order valence-corrected chi connectivity index (χ0v) is 10.6. The fraction of sp³-hybridized carbons (Fsp3) is 0.267. The van der Waals surface area contributed by atoms with Gasteiger partial charge in [-0.15, -0.1) is 0 Å². The predicted molar refractivity (Wildman–Crippen MR) is 70.2 cm³/mol. The molecule has 1 aromatic heterocycles. The summed E-state index contributed by atoms with van der Waals surface area (Å²) in [6.07, 6.45) is 5.27. The first-order valence-corrected chi connectivity index (χ1v) is 6.51. The van der Waals surface area contributed by atoms with Gasteiger partial charge in [-0.25, -0.2) is 0 Å². The number of hydrogen-bond acceptors (Lipinski definition) is 2. The van der Waals surface area contributed by atoms with Gasteiger partial charge in [-0.3, -0.25) is 4.79 Å². The molecule has 1 fully saturated rings. The third kappa shape index (κ3) is 1.97. The fourth-order valence-electron chi connectivity index (χ4n) is 2.26. The molecule has 0 spiro atoms. The van der Waals surface area contributed by atoms with Crippen LogP contribution in [-0.4, -0.2) is 5.78 Å². The van der Waals surface area contributed by atoms with Gasteiger partial charge in [0, 0.05) is 5.56 Å². The average Bonchev–Trinajstić information content (AvgIpc) is 2.73. The first kappa shape index (κ1) is 11.5. The van der Waals surface area contributed by atoms with Crippen molar-refractivity contribution >= 4 is 17.4 Å². The van der Waals surface area contributed by atoms with Gasteiger partial charge in [0.2, 0.25) is 5.22 Å². The lowest BCUT2D eigenvalue weighted by molar-refractivity contribution is 0.103. The number of carbonyl (C=O) groups excluding carboxylic acids is 1. The van der Waals surface area contributed by atoms with Crippen molar-refractivity contribution in [2.24, 2.45) is 0 Å². The van der Waals surface area contributed by atoms with Crippen LogP contribution < -0.4 is 0 Å². The summed E-state index contributed by atoms with van der Waals surface area (Å²) >= 11 is 5.81. The molecule has 2 nitrogen and oxygen atoms in total. The van der Waals surface area contributed by atoms with Gasteiger partial charge in [-0.1, -0.05) is 30.7 Å². The SMILES string of the molecule is O=C(c1ccc(C2CCC2)cc1)c1ccoc1Cl. The molecule has 0 unspecified atom stereocenters. The summed E-state index contributed by atoms with van der Waals surface area (Å²) in [6.45, 7) is 0. The highest BCUT2D eigenvalue weighted by Crippen LogP contribution is 2.36. The van der Waals surface area contributed by atoms with Gasteiger partial charge < -0.3 is 4.42 Å². The smallest absolute Gasteiger partial charge is 0.204 e. The van der Waals surface area contributed by atoms with Crippen molar-refractivity contribution in [3.8, 4) is 0 Å². The molecule has 1 aliphatic rings. The van der Waals surface area contributed by atoms with E-state index >= 15 is 0 Å². The summed E-state index contributed by atoms with van der Waals surface area (Å²) in [6, 6.07) is 9.44. The Bertz CT molecular complexity index is 564. The molecule has 1 aliphatic carbocycles. The highest BCUT2D eigenvalue weighted by Gasteiger charge is 2.20. The normalized spacial score (nSPS) is 15.4. The third-order valence-corrected chi connectivity index (χ3v) is 3.90. The second kappa shape index (κ2) is 4.62. The molecule has 3 rings (SSSR count). The van der Waals surface area contributed by atoms with Gasteiger partial charge in [0.1, 0.15) is 0 Å². The molecule has 1 heterocycles. The molecule has 3 heteroatoms. The first-order valence-electron chi connectivity index (χ1n) is 6.13. The lowest BCUT2D eigenvalue weighted by Crippen LogP contribution is -2.09. The van der Waals surface area contributed by atoms with Crippen LogP contribution in [0.15, 0.2) is 41.0 Å². The van der Waals surface area contributed by atoms with Crippen molar-refractivity contribution < 1.29 is 9.21 Å². The van der Waals surface area contributed by atoms with Crippen LogP contribution in [0.4, 0.5) is 0 Å². The molecule has 0 N–H and O–H groups in total. The van der Waals surface area contributed by atoms with Crippen LogP contribution in [0.25, 0.3) is 0 Å². The summed E-state index contributed by atoms with van der Waals surface area (Å²) in [5.41, 5.74) is 2.41.